The molecule has 10 heteroatoms. The summed E-state index contributed by atoms with van der Waals surface area (Å²) in [6.45, 7) is 3.41. The van der Waals surface area contributed by atoms with Crippen LogP contribution in [0.3, 0.4) is 0 Å². The van der Waals surface area contributed by atoms with Crippen molar-refractivity contribution in [2.24, 2.45) is 0 Å². The normalized spacial score (nSPS) is 10.9. The summed E-state index contributed by atoms with van der Waals surface area (Å²) in [7, 11) is 0. The second-order valence-electron chi connectivity index (χ2n) is 5.78. The van der Waals surface area contributed by atoms with Crippen LogP contribution in [0.5, 0.6) is 0 Å². The summed E-state index contributed by atoms with van der Waals surface area (Å²) < 4.78 is 0. The van der Waals surface area contributed by atoms with Gasteiger partial charge in [-0.2, -0.15) is 0 Å². The van der Waals surface area contributed by atoms with Gasteiger partial charge in [0.05, 0.1) is 4.92 Å². The number of nitrogens with zero attached hydrogens (tertiary/aromatic N) is 1. The van der Waals surface area contributed by atoms with Crippen molar-refractivity contribution in [1.82, 2.24) is 10.9 Å². The van der Waals surface area contributed by atoms with Gasteiger partial charge in [-0.15, -0.1) is 0 Å². The first kappa shape index (κ1) is 21.2. The molecule has 0 saturated carbocycles. The van der Waals surface area contributed by atoms with Crippen LogP contribution in [-0.2, 0) is 4.79 Å². The summed E-state index contributed by atoms with van der Waals surface area (Å²) in [6.07, 6.45) is 1.25. The fourth-order valence-corrected chi connectivity index (χ4v) is 2.58. The van der Waals surface area contributed by atoms with Crippen molar-refractivity contribution in [3.05, 3.63) is 79.5 Å². The van der Waals surface area contributed by atoms with Gasteiger partial charge in [-0.25, -0.2) is 0 Å². The van der Waals surface area contributed by atoms with E-state index in [4.69, 9.17) is 23.2 Å². The molecular weight excluding hydrogens is 407 g/mol. The average Bonchev–Trinajstić information content (AvgIpc) is 2.62. The SMILES string of the molecule is C/C(=C\C(=O)Nc1cc(Cl)ccc1C)NNC(=O)c1ccc([N+](=O)[O-])c(Cl)c1. The minimum Gasteiger partial charge on any atom is -0.322 e. The highest BCUT2D eigenvalue weighted by atomic mass is 35.5. The maximum absolute atomic E-state index is 12.1. The molecule has 0 saturated heterocycles. The number of rotatable bonds is 6. The highest BCUT2D eigenvalue weighted by Crippen LogP contribution is 2.25. The van der Waals surface area contributed by atoms with E-state index in [2.05, 4.69) is 16.2 Å². The van der Waals surface area contributed by atoms with Crippen molar-refractivity contribution >= 4 is 46.4 Å². The zero-order chi connectivity index (χ0) is 20.8. The molecule has 0 heterocycles. The summed E-state index contributed by atoms with van der Waals surface area (Å²) in [6, 6.07) is 8.72. The molecule has 0 aliphatic rings. The van der Waals surface area contributed by atoms with Crippen LogP contribution < -0.4 is 16.2 Å². The summed E-state index contributed by atoms with van der Waals surface area (Å²) in [5.74, 6) is -0.987. The number of nitrogens with one attached hydrogen (secondary N) is 3. The van der Waals surface area contributed by atoms with E-state index in [0.717, 1.165) is 11.6 Å². The van der Waals surface area contributed by atoms with Crippen LogP contribution in [0.4, 0.5) is 11.4 Å². The summed E-state index contributed by atoms with van der Waals surface area (Å²) >= 11 is 11.7. The monoisotopic (exact) mass is 422 g/mol. The molecule has 0 aromatic heterocycles. The predicted molar refractivity (Wildman–Crippen MR) is 107 cm³/mol. The molecule has 0 spiro atoms. The number of halogens is 2. The molecule has 2 aromatic rings. The maximum atomic E-state index is 12.1. The molecule has 0 bridgehead atoms. The molecule has 28 heavy (non-hydrogen) atoms. The van der Waals surface area contributed by atoms with Gasteiger partial charge in [0.15, 0.2) is 0 Å². The van der Waals surface area contributed by atoms with E-state index in [-0.39, 0.29) is 16.3 Å². The fourth-order valence-electron chi connectivity index (χ4n) is 2.15. The van der Waals surface area contributed by atoms with E-state index < -0.39 is 16.7 Å². The van der Waals surface area contributed by atoms with Crippen molar-refractivity contribution in [3.63, 3.8) is 0 Å². The molecule has 0 aliphatic heterocycles. The quantitative estimate of drug-likeness (QED) is 0.370. The Morgan fingerprint density at radius 2 is 1.82 bits per heavy atom. The van der Waals surface area contributed by atoms with Gasteiger partial charge in [0, 0.05) is 34.1 Å². The van der Waals surface area contributed by atoms with Crippen LogP contribution in [0.15, 0.2) is 48.2 Å². The second kappa shape index (κ2) is 9.20. The number of carbonyl (C=O) groups excluding carboxylic acids is 2. The third-order valence-electron chi connectivity index (χ3n) is 3.58. The van der Waals surface area contributed by atoms with Crippen LogP contribution in [0.1, 0.15) is 22.8 Å². The molecule has 0 unspecified atom stereocenters. The highest BCUT2D eigenvalue weighted by Gasteiger charge is 2.15. The predicted octanol–water partition coefficient (Wildman–Crippen LogP) is 3.99. The van der Waals surface area contributed by atoms with E-state index in [1.807, 2.05) is 6.92 Å². The largest absolute Gasteiger partial charge is 0.322 e. The van der Waals surface area contributed by atoms with E-state index in [1.54, 1.807) is 25.1 Å². The fraction of sp³-hybridized carbons (Fsp3) is 0.111. The number of nitro groups is 1. The molecule has 0 radical (unpaired) electrons. The van der Waals surface area contributed by atoms with Gasteiger partial charge in [-0.3, -0.25) is 25.1 Å². The number of allylic oxidation sites excluding steroid dienone is 1. The first-order valence-corrected chi connectivity index (χ1v) is 8.68. The number of hydrogen-bond donors (Lipinski definition) is 3. The van der Waals surface area contributed by atoms with Crippen molar-refractivity contribution < 1.29 is 14.5 Å². The smallest absolute Gasteiger partial charge is 0.287 e. The third kappa shape index (κ3) is 5.70. The number of nitro benzene ring substituents is 1. The molecule has 8 nitrogen and oxygen atoms in total. The van der Waals surface area contributed by atoms with Crippen molar-refractivity contribution in [2.45, 2.75) is 13.8 Å². The molecule has 3 N–H and O–H groups in total. The van der Waals surface area contributed by atoms with Gasteiger partial charge >= 0.3 is 0 Å². The number of aryl methyl sites for hydroxylation is 1. The molecule has 0 atom stereocenters. The Balaban J connectivity index is 1.97. The zero-order valence-electron chi connectivity index (χ0n) is 14.9. The summed E-state index contributed by atoms with van der Waals surface area (Å²) in [5, 5.41) is 13.8. The summed E-state index contributed by atoms with van der Waals surface area (Å²) in [5.41, 5.74) is 6.56. The van der Waals surface area contributed by atoms with Gasteiger partial charge in [-0.1, -0.05) is 29.3 Å². The van der Waals surface area contributed by atoms with Gasteiger partial charge in [0.2, 0.25) is 5.91 Å². The molecule has 2 rings (SSSR count). The number of carbonyl (C=O) groups is 2. The van der Waals surface area contributed by atoms with Crippen molar-refractivity contribution in [1.29, 1.82) is 0 Å². The first-order valence-electron chi connectivity index (χ1n) is 7.93. The van der Waals surface area contributed by atoms with Crippen LogP contribution >= 0.6 is 23.2 Å². The number of hydrogen-bond acceptors (Lipinski definition) is 5. The Labute approximate surface area is 170 Å². The minimum atomic E-state index is -0.643. The first-order chi connectivity index (χ1) is 13.2. The lowest BCUT2D eigenvalue weighted by atomic mass is 10.2. The van der Waals surface area contributed by atoms with Crippen LogP contribution in [0.2, 0.25) is 10.0 Å². The molecule has 2 amide bonds. The van der Waals surface area contributed by atoms with Gasteiger partial charge < -0.3 is 10.7 Å². The standard InChI is InChI=1S/C18H16Cl2N4O4/c1-10-3-5-13(19)9-15(10)21-17(25)7-11(2)22-23-18(26)12-4-6-16(24(27)28)14(20)8-12/h3-9,22H,1-2H3,(H,21,25)(H,23,26)/b11-7+. The minimum absolute atomic E-state index is 0.120. The Bertz CT molecular complexity index is 976. The van der Waals surface area contributed by atoms with Gasteiger partial charge in [0.25, 0.3) is 11.6 Å². The van der Waals surface area contributed by atoms with E-state index in [1.165, 1.54) is 18.2 Å². The second-order valence-corrected chi connectivity index (χ2v) is 6.62. The van der Waals surface area contributed by atoms with Crippen LogP contribution in [0, 0.1) is 17.0 Å². The number of anilines is 1. The topological polar surface area (TPSA) is 113 Å². The van der Waals surface area contributed by atoms with E-state index >= 15 is 0 Å². The van der Waals surface area contributed by atoms with E-state index in [9.17, 15) is 19.7 Å². The maximum Gasteiger partial charge on any atom is 0.287 e. The van der Waals surface area contributed by atoms with Crippen LogP contribution in [0.25, 0.3) is 0 Å². The lowest BCUT2D eigenvalue weighted by Gasteiger charge is -2.10. The Morgan fingerprint density at radius 1 is 1.11 bits per heavy atom. The third-order valence-corrected chi connectivity index (χ3v) is 4.12. The number of amides is 2. The molecule has 146 valence electrons. The number of benzene rings is 2. The highest BCUT2D eigenvalue weighted by molar-refractivity contribution is 6.33. The van der Waals surface area contributed by atoms with Crippen molar-refractivity contribution in [2.75, 3.05) is 5.32 Å². The molecule has 0 fully saturated rings. The molecular formula is C18H16Cl2N4O4. The van der Waals surface area contributed by atoms with E-state index in [0.29, 0.717) is 16.4 Å². The Morgan fingerprint density at radius 3 is 2.46 bits per heavy atom. The lowest BCUT2D eigenvalue weighted by molar-refractivity contribution is -0.384. The molecule has 2 aromatic carbocycles. The Kier molecular flexibility index (Phi) is 6.97. The van der Waals surface area contributed by atoms with Crippen LogP contribution in [-0.4, -0.2) is 16.7 Å². The lowest BCUT2D eigenvalue weighted by Crippen LogP contribution is -2.36. The zero-order valence-corrected chi connectivity index (χ0v) is 16.4. The van der Waals surface area contributed by atoms with Gasteiger partial charge in [-0.05, 0) is 43.7 Å². The Hall–Kier alpha value is -3.10. The van der Waals surface area contributed by atoms with Gasteiger partial charge in [0.1, 0.15) is 5.02 Å². The molecule has 0 aliphatic carbocycles. The average molecular weight is 423 g/mol. The summed E-state index contributed by atoms with van der Waals surface area (Å²) in [4.78, 5) is 34.3. The number of hydrazine groups is 1. The van der Waals surface area contributed by atoms with Crippen molar-refractivity contribution in [3.8, 4) is 0 Å².